The third-order valence-corrected chi connectivity index (χ3v) is 4.32. The molecule has 164 valence electrons. The molecule has 0 aliphatic rings. The average Bonchev–Trinajstić information content (AvgIpc) is 2.67. The molecule has 1 aromatic heterocycles. The number of hydrogen-bond donors (Lipinski definition) is 0. The minimum atomic E-state index is -5.20. The first-order chi connectivity index (χ1) is 14.4. The fourth-order valence-electron chi connectivity index (χ4n) is 2.53. The number of alkyl halides is 3. The Hall–Kier alpha value is -3.28. The van der Waals surface area contributed by atoms with E-state index in [1.807, 2.05) is 0 Å². The van der Waals surface area contributed by atoms with Gasteiger partial charge in [0.25, 0.3) is 0 Å². The van der Waals surface area contributed by atoms with Gasteiger partial charge in [0, 0.05) is 6.20 Å². The topological polar surface area (TPSA) is 65.5 Å². The number of hydrogen-bond acceptors (Lipinski definition) is 5. The molecule has 0 bridgehead atoms. The van der Waals surface area contributed by atoms with Gasteiger partial charge in [0.2, 0.25) is 0 Å². The van der Waals surface area contributed by atoms with Crippen molar-refractivity contribution >= 4 is 10.5 Å². The second kappa shape index (κ2) is 8.46. The molecule has 0 aliphatic carbocycles. The van der Waals surface area contributed by atoms with Gasteiger partial charge in [0.15, 0.2) is 0 Å². The number of rotatable bonds is 6. The van der Waals surface area contributed by atoms with E-state index in [-0.39, 0.29) is 22.6 Å². The van der Waals surface area contributed by atoms with Gasteiger partial charge in [0.05, 0.1) is 5.56 Å². The van der Waals surface area contributed by atoms with Crippen LogP contribution in [0.25, 0.3) is 11.1 Å². The highest BCUT2D eigenvalue weighted by atomic mass is 32.3. The average molecular weight is 463 g/mol. The SMILES string of the molecule is O=S(=O)(F)Oc1ccc(OCc2c(F)cc(-c3ccnc(C(F)(F)F)c3)cc2F)cc1. The Morgan fingerprint density at radius 2 is 1.45 bits per heavy atom. The molecule has 0 atom stereocenters. The third kappa shape index (κ3) is 5.87. The fraction of sp³-hybridized carbons (Fsp3) is 0.105. The number of aromatic nitrogens is 1. The molecule has 0 radical (unpaired) electrons. The lowest BCUT2D eigenvalue weighted by atomic mass is 10.0. The van der Waals surface area contributed by atoms with E-state index in [1.165, 1.54) is 18.2 Å². The predicted octanol–water partition coefficient (Wildman–Crippen LogP) is 5.22. The minimum absolute atomic E-state index is 0.0652. The number of benzene rings is 2. The van der Waals surface area contributed by atoms with Crippen molar-refractivity contribution in [3.63, 3.8) is 0 Å². The molecule has 31 heavy (non-hydrogen) atoms. The number of ether oxygens (including phenoxy) is 1. The molecule has 0 spiro atoms. The van der Waals surface area contributed by atoms with Crippen molar-refractivity contribution < 1.29 is 43.2 Å². The predicted molar refractivity (Wildman–Crippen MR) is 96.0 cm³/mol. The van der Waals surface area contributed by atoms with E-state index in [0.29, 0.717) is 6.07 Å². The van der Waals surface area contributed by atoms with Crippen molar-refractivity contribution in [1.82, 2.24) is 4.98 Å². The van der Waals surface area contributed by atoms with Crippen LogP contribution in [0.5, 0.6) is 11.5 Å². The second-order valence-electron chi connectivity index (χ2n) is 6.08. The summed E-state index contributed by atoms with van der Waals surface area (Å²) in [6, 6.07) is 8.06. The van der Waals surface area contributed by atoms with Crippen molar-refractivity contribution in [2.75, 3.05) is 0 Å². The van der Waals surface area contributed by atoms with Crippen molar-refractivity contribution in [3.8, 4) is 22.6 Å². The molecule has 0 aliphatic heterocycles. The first-order valence-corrected chi connectivity index (χ1v) is 9.62. The summed E-state index contributed by atoms with van der Waals surface area (Å²) in [5, 5.41) is 0. The molecular formula is C19H11F6NO4S. The maximum Gasteiger partial charge on any atom is 0.488 e. The Morgan fingerprint density at radius 3 is 2.00 bits per heavy atom. The van der Waals surface area contributed by atoms with Gasteiger partial charge in [-0.25, -0.2) is 8.78 Å². The molecule has 3 aromatic rings. The van der Waals surface area contributed by atoms with E-state index in [9.17, 15) is 34.3 Å². The van der Waals surface area contributed by atoms with E-state index in [4.69, 9.17) is 4.74 Å². The minimum Gasteiger partial charge on any atom is -0.489 e. The molecule has 12 heteroatoms. The monoisotopic (exact) mass is 463 g/mol. The summed E-state index contributed by atoms with van der Waals surface area (Å²) in [4.78, 5) is 3.19. The standard InChI is InChI=1S/C19H11F6NO4S/c20-16-7-12(11-5-6-26-18(9-11)19(22,23)24)8-17(21)15(16)10-29-13-1-3-14(4-2-13)30-31(25,27)28/h1-9H,10H2. The van der Waals surface area contributed by atoms with E-state index >= 15 is 0 Å². The normalized spacial score (nSPS) is 11.9. The van der Waals surface area contributed by atoms with E-state index in [1.54, 1.807) is 0 Å². The maximum absolute atomic E-state index is 14.4. The highest BCUT2D eigenvalue weighted by Gasteiger charge is 2.32. The van der Waals surface area contributed by atoms with Gasteiger partial charge in [-0.05, 0) is 59.7 Å². The lowest BCUT2D eigenvalue weighted by molar-refractivity contribution is -0.141. The highest BCUT2D eigenvalue weighted by molar-refractivity contribution is 7.81. The van der Waals surface area contributed by atoms with Crippen LogP contribution >= 0.6 is 0 Å². The van der Waals surface area contributed by atoms with E-state index in [0.717, 1.165) is 30.5 Å². The van der Waals surface area contributed by atoms with Gasteiger partial charge in [-0.2, -0.15) is 21.6 Å². The van der Waals surface area contributed by atoms with Gasteiger partial charge in [-0.1, -0.05) is 3.89 Å². The smallest absolute Gasteiger partial charge is 0.488 e. The summed E-state index contributed by atoms with van der Waals surface area (Å²) < 4.78 is 110. The first kappa shape index (κ1) is 22.4. The molecule has 0 fully saturated rings. The number of pyridine rings is 1. The zero-order chi connectivity index (χ0) is 22.8. The van der Waals surface area contributed by atoms with E-state index < -0.39 is 46.2 Å². The van der Waals surface area contributed by atoms with Crippen LogP contribution in [0.2, 0.25) is 0 Å². The van der Waals surface area contributed by atoms with Crippen molar-refractivity contribution in [3.05, 3.63) is 77.6 Å². The van der Waals surface area contributed by atoms with Crippen LogP contribution in [-0.2, 0) is 23.3 Å². The number of halogens is 6. The molecule has 1 heterocycles. The van der Waals surface area contributed by atoms with Crippen LogP contribution in [-0.4, -0.2) is 13.4 Å². The Bertz CT molecular complexity index is 1170. The van der Waals surface area contributed by atoms with Crippen LogP contribution in [0.1, 0.15) is 11.3 Å². The molecule has 0 saturated heterocycles. The van der Waals surface area contributed by atoms with Crippen LogP contribution in [0.3, 0.4) is 0 Å². The van der Waals surface area contributed by atoms with Crippen molar-refractivity contribution in [1.29, 1.82) is 0 Å². The highest BCUT2D eigenvalue weighted by Crippen LogP contribution is 2.32. The molecule has 2 aromatic carbocycles. The summed E-state index contributed by atoms with van der Waals surface area (Å²) in [5.41, 5.74) is -1.89. The first-order valence-electron chi connectivity index (χ1n) is 8.31. The van der Waals surface area contributed by atoms with Crippen molar-refractivity contribution in [2.24, 2.45) is 0 Å². The molecule has 0 amide bonds. The number of nitrogens with zero attached hydrogens (tertiary/aromatic N) is 1. The lowest BCUT2D eigenvalue weighted by Crippen LogP contribution is -2.07. The third-order valence-electron chi connectivity index (χ3n) is 3.93. The van der Waals surface area contributed by atoms with Crippen LogP contribution < -0.4 is 8.92 Å². The van der Waals surface area contributed by atoms with Crippen LogP contribution in [0.15, 0.2) is 54.7 Å². The molecule has 3 rings (SSSR count). The zero-order valence-corrected chi connectivity index (χ0v) is 16.0. The molecule has 5 nitrogen and oxygen atoms in total. The Morgan fingerprint density at radius 1 is 0.871 bits per heavy atom. The van der Waals surface area contributed by atoms with Gasteiger partial charge in [-0.3, -0.25) is 4.98 Å². The second-order valence-corrected chi connectivity index (χ2v) is 7.04. The fourth-order valence-corrected chi connectivity index (χ4v) is 2.88. The Labute approximate surface area is 172 Å². The zero-order valence-electron chi connectivity index (χ0n) is 15.2. The summed E-state index contributed by atoms with van der Waals surface area (Å²) in [6.07, 6.45) is -3.83. The van der Waals surface area contributed by atoms with Gasteiger partial charge in [0.1, 0.15) is 35.4 Å². The van der Waals surface area contributed by atoms with Crippen LogP contribution in [0.4, 0.5) is 25.8 Å². The van der Waals surface area contributed by atoms with Gasteiger partial charge in [-0.15, -0.1) is 0 Å². The quantitative estimate of drug-likeness (QED) is 0.371. The van der Waals surface area contributed by atoms with E-state index in [2.05, 4.69) is 9.17 Å². The summed E-state index contributed by atoms with van der Waals surface area (Å²) in [6.45, 7) is -0.580. The molecule has 0 N–H and O–H groups in total. The summed E-state index contributed by atoms with van der Waals surface area (Å²) >= 11 is 0. The summed E-state index contributed by atoms with van der Waals surface area (Å²) in [7, 11) is -5.20. The van der Waals surface area contributed by atoms with Gasteiger partial charge >= 0.3 is 16.7 Å². The molecular weight excluding hydrogens is 452 g/mol. The largest absolute Gasteiger partial charge is 0.489 e. The molecule has 0 saturated carbocycles. The van der Waals surface area contributed by atoms with Crippen LogP contribution in [0, 0.1) is 11.6 Å². The van der Waals surface area contributed by atoms with Crippen molar-refractivity contribution in [2.45, 2.75) is 12.8 Å². The summed E-state index contributed by atoms with van der Waals surface area (Å²) in [5.74, 6) is -2.38. The molecule has 0 unspecified atom stereocenters. The van der Waals surface area contributed by atoms with Gasteiger partial charge < -0.3 is 8.92 Å². The lowest BCUT2D eigenvalue weighted by Gasteiger charge is -2.12. The maximum atomic E-state index is 14.4. The Kier molecular flexibility index (Phi) is 6.11. The Balaban J connectivity index is 1.77.